The molecule has 224 valence electrons. The van der Waals surface area contributed by atoms with Gasteiger partial charge in [0.2, 0.25) is 0 Å². The molecule has 0 bridgehead atoms. The van der Waals surface area contributed by atoms with Gasteiger partial charge in [0.1, 0.15) is 12.6 Å². The van der Waals surface area contributed by atoms with Crippen molar-refractivity contribution in [1.82, 2.24) is 19.5 Å². The Morgan fingerprint density at radius 3 is 2.17 bits per heavy atom. The molecule has 3 heterocycles. The molecule has 1 aromatic carbocycles. The summed E-state index contributed by atoms with van der Waals surface area (Å²) >= 11 is 0. The number of nitrogens with one attached hydrogen (secondary N) is 1. The van der Waals surface area contributed by atoms with Crippen LogP contribution in [-0.4, -0.2) is 61.4 Å². The van der Waals surface area contributed by atoms with Gasteiger partial charge in [0.25, 0.3) is 5.91 Å². The normalized spacial score (nSPS) is 20.5. The topological polar surface area (TPSA) is 100 Å². The van der Waals surface area contributed by atoms with Gasteiger partial charge in [-0.3, -0.25) is 9.36 Å². The van der Waals surface area contributed by atoms with Crippen molar-refractivity contribution >= 4 is 39.5 Å². The zero-order chi connectivity index (χ0) is 30.2. The van der Waals surface area contributed by atoms with Crippen LogP contribution in [-0.2, 0) is 13.6 Å². The smallest absolute Gasteiger partial charge is 0.256 e. The molecule has 11 heteroatoms. The van der Waals surface area contributed by atoms with E-state index in [2.05, 4.69) is 88.0 Å². The number of hydrogen-bond donors (Lipinski definition) is 1. The van der Waals surface area contributed by atoms with E-state index in [1.807, 2.05) is 22.8 Å². The molecule has 1 saturated heterocycles. The molecule has 41 heavy (non-hydrogen) atoms. The lowest BCUT2D eigenvalue weighted by atomic mass is 10.0. The summed E-state index contributed by atoms with van der Waals surface area (Å²) < 4.78 is 21.9. The van der Waals surface area contributed by atoms with Gasteiger partial charge in [-0.15, -0.1) is 0 Å². The number of nitrogens with zero attached hydrogens (tertiary/aromatic N) is 4. The van der Waals surface area contributed by atoms with Crippen LogP contribution in [0, 0.1) is 5.92 Å². The Morgan fingerprint density at radius 2 is 1.56 bits per heavy atom. The molecule has 0 spiro atoms. The monoisotopic (exact) mass is 597 g/mol. The largest absolute Gasteiger partial charge is 0.416 e. The molecule has 3 atom stereocenters. The van der Waals surface area contributed by atoms with Crippen molar-refractivity contribution in [2.75, 3.05) is 18.5 Å². The Kier molecular flexibility index (Phi) is 8.97. The molecular formula is C30H47N5O4Si2. The van der Waals surface area contributed by atoms with Crippen LogP contribution < -0.4 is 5.32 Å². The number of anilines is 1. The molecule has 2 aromatic heterocycles. The van der Waals surface area contributed by atoms with Gasteiger partial charge in [-0.2, -0.15) is 0 Å². The van der Waals surface area contributed by atoms with Crippen LogP contribution in [0.1, 0.15) is 64.5 Å². The predicted molar refractivity (Wildman–Crippen MR) is 168 cm³/mol. The number of imidazole rings is 1. The second kappa shape index (κ2) is 11.7. The van der Waals surface area contributed by atoms with Crippen LogP contribution in [0.5, 0.6) is 0 Å². The van der Waals surface area contributed by atoms with Crippen LogP contribution in [0.4, 0.5) is 5.82 Å². The van der Waals surface area contributed by atoms with Crippen LogP contribution in [0.2, 0.25) is 36.3 Å². The first-order valence-corrected chi connectivity index (χ1v) is 20.3. The quantitative estimate of drug-likeness (QED) is 0.264. The highest BCUT2D eigenvalue weighted by Gasteiger charge is 2.44. The number of rotatable bonds is 9. The Balaban J connectivity index is 1.57. The molecule has 1 aliphatic heterocycles. The van der Waals surface area contributed by atoms with Crippen LogP contribution >= 0.6 is 0 Å². The maximum Gasteiger partial charge on any atom is 0.256 e. The number of fused-ring (bicyclic) bond motifs is 1. The van der Waals surface area contributed by atoms with Gasteiger partial charge in [-0.25, -0.2) is 15.0 Å². The van der Waals surface area contributed by atoms with Crippen molar-refractivity contribution in [1.29, 1.82) is 0 Å². The lowest BCUT2D eigenvalue weighted by molar-refractivity contribution is -0.0302. The van der Waals surface area contributed by atoms with Gasteiger partial charge in [-0.1, -0.05) is 59.7 Å². The molecule has 4 rings (SSSR count). The summed E-state index contributed by atoms with van der Waals surface area (Å²) in [7, 11) is -3.91. The van der Waals surface area contributed by atoms with Gasteiger partial charge in [0.05, 0.1) is 19.0 Å². The number of hydrogen-bond acceptors (Lipinski definition) is 7. The van der Waals surface area contributed by atoms with E-state index in [9.17, 15) is 4.79 Å². The summed E-state index contributed by atoms with van der Waals surface area (Å²) in [6.45, 7) is 23.8. The summed E-state index contributed by atoms with van der Waals surface area (Å²) in [5.41, 5.74) is 1.69. The van der Waals surface area contributed by atoms with Gasteiger partial charge < -0.3 is 18.9 Å². The van der Waals surface area contributed by atoms with Gasteiger partial charge in [0, 0.05) is 24.5 Å². The summed E-state index contributed by atoms with van der Waals surface area (Å²) in [6.07, 6.45) is 3.53. The minimum absolute atomic E-state index is 0.107. The summed E-state index contributed by atoms with van der Waals surface area (Å²) in [4.78, 5) is 26.2. The van der Waals surface area contributed by atoms with Crippen LogP contribution in [0.15, 0.2) is 43.0 Å². The molecule has 1 amide bonds. The maximum atomic E-state index is 12.8. The standard InChI is InChI=1S/C30H47N5O4Si2/c1-29(2,3)40(7,8)37-17-22-16-24(39-23(22)18-38-41(9,10)30(4,5)6)35-20-33-25-26(31-19-32-27(25)35)34-28(36)21-14-12-11-13-15-21/h11-15,19-20,22-24H,16-18H2,1-10H3,(H,31,32,34,36)/t22-,23-,24?/m1/s1. The van der Waals surface area contributed by atoms with Gasteiger partial charge in [0.15, 0.2) is 33.6 Å². The SMILES string of the molecule is CC(C)(C)[Si](C)(C)OC[C@H]1CC(n2cnc3c(NC(=O)c4ccccc4)ncnc32)O[C@@H]1CO[Si](C)(C)C(C)(C)C. The third-order valence-electron chi connectivity index (χ3n) is 9.18. The molecule has 0 saturated carbocycles. The Bertz CT molecular complexity index is 1310. The first kappa shape index (κ1) is 31.5. The minimum atomic E-state index is -1.97. The second-order valence-electron chi connectivity index (χ2n) is 14.1. The van der Waals surface area contributed by atoms with E-state index < -0.39 is 16.6 Å². The first-order chi connectivity index (χ1) is 19.0. The van der Waals surface area contributed by atoms with E-state index in [0.717, 1.165) is 6.42 Å². The fraction of sp³-hybridized carbons (Fsp3) is 0.600. The van der Waals surface area contributed by atoms with Crippen molar-refractivity contribution in [3.05, 3.63) is 48.5 Å². The molecular weight excluding hydrogens is 551 g/mol. The zero-order valence-corrected chi connectivity index (χ0v) is 28.3. The maximum absolute atomic E-state index is 12.8. The predicted octanol–water partition coefficient (Wildman–Crippen LogP) is 7.03. The van der Waals surface area contributed by atoms with Gasteiger partial charge in [-0.05, 0) is 48.4 Å². The number of amides is 1. The van der Waals surface area contributed by atoms with Crippen molar-refractivity contribution in [3.8, 4) is 0 Å². The fourth-order valence-electron chi connectivity index (χ4n) is 4.27. The molecule has 1 unspecified atom stereocenters. The molecule has 1 fully saturated rings. The lowest BCUT2D eigenvalue weighted by Gasteiger charge is -2.38. The number of ether oxygens (including phenoxy) is 1. The molecule has 3 aromatic rings. The van der Waals surface area contributed by atoms with Crippen molar-refractivity contribution < 1.29 is 18.4 Å². The van der Waals surface area contributed by atoms with Crippen LogP contribution in [0.25, 0.3) is 11.2 Å². The third kappa shape index (κ3) is 6.97. The summed E-state index contributed by atoms with van der Waals surface area (Å²) in [6, 6.07) is 9.05. The van der Waals surface area contributed by atoms with E-state index in [1.165, 1.54) is 6.33 Å². The number of aromatic nitrogens is 4. The zero-order valence-electron chi connectivity index (χ0n) is 26.3. The molecule has 1 aliphatic rings. The van der Waals surface area contributed by atoms with E-state index in [4.69, 9.17) is 13.6 Å². The second-order valence-corrected chi connectivity index (χ2v) is 23.8. The number of carbonyl (C=O) groups is 1. The Labute approximate surface area is 246 Å². The number of benzene rings is 1. The lowest BCUT2D eigenvalue weighted by Crippen LogP contribution is -2.45. The van der Waals surface area contributed by atoms with E-state index >= 15 is 0 Å². The molecule has 9 nitrogen and oxygen atoms in total. The Hall–Kier alpha value is -2.45. The highest BCUT2D eigenvalue weighted by Crippen LogP contribution is 2.42. The van der Waals surface area contributed by atoms with Gasteiger partial charge >= 0.3 is 0 Å². The average molecular weight is 598 g/mol. The summed E-state index contributed by atoms with van der Waals surface area (Å²) in [5.74, 6) is 0.287. The van der Waals surface area contributed by atoms with Crippen molar-refractivity contribution in [2.45, 2.75) is 96.6 Å². The fourth-order valence-corrected chi connectivity index (χ4v) is 6.35. The van der Waals surface area contributed by atoms with Crippen molar-refractivity contribution in [3.63, 3.8) is 0 Å². The first-order valence-electron chi connectivity index (χ1n) is 14.5. The average Bonchev–Trinajstić information content (AvgIpc) is 3.50. The number of carbonyl (C=O) groups excluding carboxylic acids is 1. The van der Waals surface area contributed by atoms with E-state index in [0.29, 0.717) is 35.8 Å². The van der Waals surface area contributed by atoms with E-state index in [-0.39, 0.29) is 34.2 Å². The van der Waals surface area contributed by atoms with Crippen LogP contribution in [0.3, 0.4) is 0 Å². The summed E-state index contributed by atoms with van der Waals surface area (Å²) in [5, 5.41) is 3.12. The highest BCUT2D eigenvalue weighted by molar-refractivity contribution is 6.74. The minimum Gasteiger partial charge on any atom is -0.416 e. The van der Waals surface area contributed by atoms with E-state index in [1.54, 1.807) is 18.5 Å². The highest BCUT2D eigenvalue weighted by atomic mass is 28.4. The Morgan fingerprint density at radius 1 is 0.951 bits per heavy atom. The molecule has 1 N–H and O–H groups in total. The van der Waals surface area contributed by atoms with Crippen molar-refractivity contribution in [2.24, 2.45) is 5.92 Å². The molecule has 0 radical (unpaired) electrons. The molecule has 0 aliphatic carbocycles. The third-order valence-corrected chi connectivity index (χ3v) is 18.2.